The summed E-state index contributed by atoms with van der Waals surface area (Å²) in [6.45, 7) is 1.45. The van der Waals surface area contributed by atoms with Crippen LogP contribution in [0, 0.1) is 5.92 Å². The van der Waals surface area contributed by atoms with Crippen molar-refractivity contribution in [2.24, 2.45) is 10.9 Å². The Labute approximate surface area is 186 Å². The van der Waals surface area contributed by atoms with Crippen LogP contribution in [0.4, 0.5) is 5.69 Å². The summed E-state index contributed by atoms with van der Waals surface area (Å²) < 4.78 is 5.83. The number of likely N-dealkylation sites (N-methyl/N-ethyl adjacent to an activating group) is 1. The fourth-order valence-electron chi connectivity index (χ4n) is 4.48. The summed E-state index contributed by atoms with van der Waals surface area (Å²) in [5, 5.41) is 8.28. The molecule has 2 heterocycles. The Kier molecular flexibility index (Phi) is 6.39. The molecular formula is C24H28N4O4. The zero-order valence-corrected chi connectivity index (χ0v) is 18.4. The van der Waals surface area contributed by atoms with E-state index in [9.17, 15) is 14.4 Å². The van der Waals surface area contributed by atoms with E-state index in [1.54, 1.807) is 19.2 Å². The Morgan fingerprint density at radius 3 is 2.59 bits per heavy atom. The first-order chi connectivity index (χ1) is 15.4. The smallest absolute Gasteiger partial charge is 0.287 e. The van der Waals surface area contributed by atoms with Gasteiger partial charge in [-0.15, -0.1) is 0 Å². The lowest BCUT2D eigenvalue weighted by atomic mass is 9.83. The van der Waals surface area contributed by atoms with E-state index in [0.717, 1.165) is 42.5 Å². The van der Waals surface area contributed by atoms with Crippen molar-refractivity contribution in [2.45, 2.75) is 51.5 Å². The van der Waals surface area contributed by atoms with Gasteiger partial charge in [0.25, 0.3) is 5.91 Å². The van der Waals surface area contributed by atoms with Crippen molar-refractivity contribution in [1.82, 2.24) is 16.0 Å². The van der Waals surface area contributed by atoms with Crippen LogP contribution in [-0.4, -0.2) is 36.6 Å². The molecule has 168 valence electrons. The largest absolute Gasteiger partial charge is 0.451 e. The molecule has 0 unspecified atom stereocenters. The van der Waals surface area contributed by atoms with Gasteiger partial charge in [-0.05, 0) is 54.7 Å². The van der Waals surface area contributed by atoms with E-state index >= 15 is 0 Å². The third-order valence-electron chi connectivity index (χ3n) is 6.06. The standard InChI is InChI=1S/C24H28N4O4/c1-14(29)26-21-13-17-12-16(8-9-18(17)27-21)19-10-11-20(32-19)23(30)28-22(24(31)25-2)15-6-4-3-5-7-15/h8-12,15,22H,3-7,13H2,1-2H3,(H,25,31)(H,28,30)(H,26,27,29)/t22-/m0/s1. The summed E-state index contributed by atoms with van der Waals surface area (Å²) in [6.07, 6.45) is 5.71. The Bertz CT molecular complexity index is 1070. The number of aliphatic imine (C=N–C) groups is 1. The molecule has 1 fully saturated rings. The molecule has 3 amide bonds. The quantitative estimate of drug-likeness (QED) is 0.668. The summed E-state index contributed by atoms with van der Waals surface area (Å²) in [5.74, 6) is 0.754. The molecule has 1 aromatic heterocycles. The van der Waals surface area contributed by atoms with E-state index in [4.69, 9.17) is 4.42 Å². The maximum absolute atomic E-state index is 12.9. The molecule has 8 heteroatoms. The van der Waals surface area contributed by atoms with Crippen LogP contribution in [0.2, 0.25) is 0 Å². The number of carbonyl (C=O) groups is 3. The molecule has 3 N–H and O–H groups in total. The van der Waals surface area contributed by atoms with Crippen molar-refractivity contribution in [1.29, 1.82) is 0 Å². The number of fused-ring (bicyclic) bond motifs is 1. The first kappa shape index (κ1) is 21.8. The minimum Gasteiger partial charge on any atom is -0.451 e. The molecule has 0 saturated heterocycles. The van der Waals surface area contributed by atoms with Gasteiger partial charge in [-0.1, -0.05) is 19.3 Å². The lowest BCUT2D eigenvalue weighted by Crippen LogP contribution is -2.50. The summed E-state index contributed by atoms with van der Waals surface area (Å²) in [6, 6.07) is 8.49. The van der Waals surface area contributed by atoms with Crippen LogP contribution in [0.1, 0.15) is 55.1 Å². The molecule has 0 radical (unpaired) electrons. The Morgan fingerprint density at radius 2 is 1.88 bits per heavy atom. The molecule has 2 aromatic rings. The van der Waals surface area contributed by atoms with E-state index in [2.05, 4.69) is 20.9 Å². The average molecular weight is 437 g/mol. The maximum Gasteiger partial charge on any atom is 0.287 e. The second-order valence-electron chi connectivity index (χ2n) is 8.39. The third-order valence-corrected chi connectivity index (χ3v) is 6.06. The molecule has 1 aliphatic heterocycles. The van der Waals surface area contributed by atoms with Crippen LogP contribution in [0.5, 0.6) is 0 Å². The van der Waals surface area contributed by atoms with Gasteiger partial charge in [0.15, 0.2) is 5.76 Å². The maximum atomic E-state index is 12.9. The van der Waals surface area contributed by atoms with Gasteiger partial charge in [-0.25, -0.2) is 4.99 Å². The molecule has 8 nitrogen and oxygen atoms in total. The van der Waals surface area contributed by atoms with Crippen LogP contribution >= 0.6 is 0 Å². The summed E-state index contributed by atoms with van der Waals surface area (Å²) in [5.41, 5.74) is 2.60. The number of nitrogens with zero attached hydrogens (tertiary/aromatic N) is 1. The highest BCUT2D eigenvalue weighted by Gasteiger charge is 2.31. The molecular weight excluding hydrogens is 408 g/mol. The van der Waals surface area contributed by atoms with E-state index in [-0.39, 0.29) is 23.5 Å². The monoisotopic (exact) mass is 436 g/mol. The average Bonchev–Trinajstić information content (AvgIpc) is 3.43. The highest BCUT2D eigenvalue weighted by atomic mass is 16.4. The van der Waals surface area contributed by atoms with Gasteiger partial charge in [-0.3, -0.25) is 14.4 Å². The molecule has 4 rings (SSSR count). The Balaban J connectivity index is 1.46. The number of hydrogen-bond acceptors (Lipinski definition) is 5. The van der Waals surface area contributed by atoms with Crippen LogP contribution in [0.15, 0.2) is 39.7 Å². The fraction of sp³-hybridized carbons (Fsp3) is 0.417. The summed E-state index contributed by atoms with van der Waals surface area (Å²) in [7, 11) is 1.59. The van der Waals surface area contributed by atoms with Crippen LogP contribution < -0.4 is 16.0 Å². The molecule has 1 aliphatic carbocycles. The van der Waals surface area contributed by atoms with Gasteiger partial charge in [0, 0.05) is 26.0 Å². The summed E-state index contributed by atoms with van der Waals surface area (Å²) in [4.78, 5) is 41.0. The molecule has 32 heavy (non-hydrogen) atoms. The van der Waals surface area contributed by atoms with Crippen molar-refractivity contribution in [3.63, 3.8) is 0 Å². The number of amidine groups is 1. The van der Waals surface area contributed by atoms with Gasteiger partial charge in [-0.2, -0.15) is 0 Å². The van der Waals surface area contributed by atoms with Gasteiger partial charge < -0.3 is 20.4 Å². The highest BCUT2D eigenvalue weighted by molar-refractivity contribution is 6.02. The number of furan rings is 1. The Hall–Kier alpha value is -3.42. The predicted octanol–water partition coefficient (Wildman–Crippen LogP) is 3.09. The van der Waals surface area contributed by atoms with Gasteiger partial charge in [0.2, 0.25) is 11.8 Å². The third kappa shape index (κ3) is 4.74. The SMILES string of the molecule is CNC(=O)[C@@H](NC(=O)c1ccc(-c2ccc3c(c2)CC(NC(C)=O)=N3)o1)C1CCCCC1. The number of amides is 3. The molecule has 0 spiro atoms. The second-order valence-corrected chi connectivity index (χ2v) is 8.39. The fourth-order valence-corrected chi connectivity index (χ4v) is 4.48. The van der Waals surface area contributed by atoms with Crippen molar-refractivity contribution in [2.75, 3.05) is 7.05 Å². The van der Waals surface area contributed by atoms with Crippen molar-refractivity contribution in [3.8, 4) is 11.3 Å². The van der Waals surface area contributed by atoms with Crippen LogP contribution in [0.3, 0.4) is 0 Å². The van der Waals surface area contributed by atoms with Gasteiger partial charge in [0.1, 0.15) is 17.6 Å². The van der Waals surface area contributed by atoms with E-state index in [0.29, 0.717) is 18.0 Å². The first-order valence-corrected chi connectivity index (χ1v) is 11.1. The minimum absolute atomic E-state index is 0.136. The highest BCUT2D eigenvalue weighted by Crippen LogP contribution is 2.32. The normalized spacial score (nSPS) is 16.6. The van der Waals surface area contributed by atoms with Gasteiger partial charge in [0.05, 0.1) is 5.69 Å². The molecule has 1 saturated carbocycles. The summed E-state index contributed by atoms with van der Waals surface area (Å²) >= 11 is 0. The zero-order valence-electron chi connectivity index (χ0n) is 18.4. The number of benzene rings is 1. The number of hydrogen-bond donors (Lipinski definition) is 3. The second kappa shape index (κ2) is 9.38. The topological polar surface area (TPSA) is 113 Å². The van der Waals surface area contributed by atoms with E-state index < -0.39 is 11.9 Å². The zero-order chi connectivity index (χ0) is 22.7. The lowest BCUT2D eigenvalue weighted by molar-refractivity contribution is -0.124. The van der Waals surface area contributed by atoms with E-state index in [1.165, 1.54) is 13.3 Å². The molecule has 0 bridgehead atoms. The van der Waals surface area contributed by atoms with Gasteiger partial charge >= 0.3 is 0 Å². The first-order valence-electron chi connectivity index (χ1n) is 11.1. The molecule has 2 aliphatic rings. The number of rotatable bonds is 5. The van der Waals surface area contributed by atoms with Crippen molar-refractivity contribution < 1.29 is 18.8 Å². The minimum atomic E-state index is -0.564. The molecule has 1 aromatic carbocycles. The van der Waals surface area contributed by atoms with Crippen molar-refractivity contribution in [3.05, 3.63) is 41.7 Å². The Morgan fingerprint density at radius 1 is 1.09 bits per heavy atom. The van der Waals surface area contributed by atoms with Crippen LogP contribution in [-0.2, 0) is 16.0 Å². The number of carbonyl (C=O) groups excluding carboxylic acids is 3. The van der Waals surface area contributed by atoms with Crippen molar-refractivity contribution >= 4 is 29.2 Å². The lowest BCUT2D eigenvalue weighted by Gasteiger charge is -2.29. The predicted molar refractivity (Wildman–Crippen MR) is 121 cm³/mol. The molecule has 1 atom stereocenters. The van der Waals surface area contributed by atoms with Crippen LogP contribution in [0.25, 0.3) is 11.3 Å². The number of nitrogens with one attached hydrogen (secondary N) is 3. The van der Waals surface area contributed by atoms with E-state index in [1.807, 2.05) is 18.2 Å².